The molecule has 1 saturated heterocycles. The van der Waals surface area contributed by atoms with Gasteiger partial charge >= 0.3 is 6.03 Å². The maximum absolute atomic E-state index is 12.3. The van der Waals surface area contributed by atoms with E-state index in [1.165, 1.54) is 5.56 Å². The predicted octanol–water partition coefficient (Wildman–Crippen LogP) is 4.75. The lowest BCUT2D eigenvalue weighted by molar-refractivity contribution is 0.194. The van der Waals surface area contributed by atoms with Gasteiger partial charge in [-0.05, 0) is 48.6 Å². The second-order valence-corrected chi connectivity index (χ2v) is 6.05. The summed E-state index contributed by atoms with van der Waals surface area (Å²) < 4.78 is 0. The molecule has 4 heteroatoms. The predicted molar refractivity (Wildman–Crippen MR) is 90.5 cm³/mol. The fraction of sp³-hybridized carbons (Fsp3) is 0.278. The van der Waals surface area contributed by atoms with E-state index < -0.39 is 0 Å². The number of carbonyl (C=O) groups excluding carboxylic acids is 1. The summed E-state index contributed by atoms with van der Waals surface area (Å²) in [5, 5.41) is 3.59. The van der Waals surface area contributed by atoms with Crippen LogP contribution in [0.5, 0.6) is 0 Å². The Bertz CT molecular complexity index is 619. The molecule has 0 saturated carbocycles. The van der Waals surface area contributed by atoms with Gasteiger partial charge in [-0.25, -0.2) is 4.79 Å². The summed E-state index contributed by atoms with van der Waals surface area (Å²) in [7, 11) is 0. The van der Waals surface area contributed by atoms with E-state index >= 15 is 0 Å². The van der Waals surface area contributed by atoms with Gasteiger partial charge in [0.15, 0.2) is 0 Å². The standard InChI is InChI=1S/C18H19ClN2O/c19-16-6-8-17(9-7-16)20-18(22)21-12-10-15(11-13-21)14-4-2-1-3-5-14/h1-9,15H,10-13H2,(H,20,22). The quantitative estimate of drug-likeness (QED) is 0.852. The van der Waals surface area contributed by atoms with Gasteiger partial charge in [0.25, 0.3) is 0 Å². The van der Waals surface area contributed by atoms with Crippen LogP contribution in [0.15, 0.2) is 54.6 Å². The van der Waals surface area contributed by atoms with Crippen molar-refractivity contribution < 1.29 is 4.79 Å². The zero-order chi connectivity index (χ0) is 15.4. The van der Waals surface area contributed by atoms with E-state index in [-0.39, 0.29) is 6.03 Å². The number of hydrogen-bond donors (Lipinski definition) is 1. The molecular formula is C18H19ClN2O. The fourth-order valence-electron chi connectivity index (χ4n) is 2.88. The molecule has 1 heterocycles. The lowest BCUT2D eigenvalue weighted by Crippen LogP contribution is -2.40. The van der Waals surface area contributed by atoms with Crippen molar-refractivity contribution in [3.8, 4) is 0 Å². The molecule has 0 unspecified atom stereocenters. The average Bonchev–Trinajstić information content (AvgIpc) is 2.58. The Kier molecular flexibility index (Phi) is 4.64. The molecule has 1 fully saturated rings. The molecule has 3 rings (SSSR count). The number of hydrogen-bond acceptors (Lipinski definition) is 1. The van der Waals surface area contributed by atoms with E-state index in [1.807, 2.05) is 23.1 Å². The number of piperidine rings is 1. The molecule has 1 aliphatic heterocycles. The SMILES string of the molecule is O=C(Nc1ccc(Cl)cc1)N1CCC(c2ccccc2)CC1. The third-order valence-corrected chi connectivity index (χ3v) is 4.40. The molecule has 22 heavy (non-hydrogen) atoms. The summed E-state index contributed by atoms with van der Waals surface area (Å²) in [6, 6.07) is 17.7. The van der Waals surface area contributed by atoms with Gasteiger partial charge in [0.2, 0.25) is 0 Å². The van der Waals surface area contributed by atoms with Crippen LogP contribution in [-0.4, -0.2) is 24.0 Å². The molecule has 0 bridgehead atoms. The van der Waals surface area contributed by atoms with Crippen molar-refractivity contribution in [2.45, 2.75) is 18.8 Å². The van der Waals surface area contributed by atoms with Crippen LogP contribution in [0, 0.1) is 0 Å². The number of carbonyl (C=O) groups is 1. The monoisotopic (exact) mass is 314 g/mol. The van der Waals surface area contributed by atoms with Gasteiger partial charge in [0.05, 0.1) is 0 Å². The molecule has 1 aliphatic rings. The molecule has 0 aliphatic carbocycles. The van der Waals surface area contributed by atoms with Crippen LogP contribution in [0.3, 0.4) is 0 Å². The topological polar surface area (TPSA) is 32.3 Å². The average molecular weight is 315 g/mol. The zero-order valence-corrected chi connectivity index (χ0v) is 13.1. The Morgan fingerprint density at radius 3 is 2.27 bits per heavy atom. The van der Waals surface area contributed by atoms with E-state index in [1.54, 1.807) is 12.1 Å². The molecule has 0 spiro atoms. The van der Waals surface area contributed by atoms with Crippen molar-refractivity contribution in [1.82, 2.24) is 4.90 Å². The first kappa shape index (κ1) is 14.9. The molecule has 1 N–H and O–H groups in total. The van der Waals surface area contributed by atoms with Gasteiger partial charge in [-0.2, -0.15) is 0 Å². The molecule has 2 amide bonds. The minimum atomic E-state index is -0.0335. The van der Waals surface area contributed by atoms with Crippen LogP contribution >= 0.6 is 11.6 Å². The van der Waals surface area contributed by atoms with Gasteiger partial charge < -0.3 is 10.2 Å². The second kappa shape index (κ2) is 6.84. The second-order valence-electron chi connectivity index (χ2n) is 5.61. The van der Waals surface area contributed by atoms with Crippen LogP contribution in [0.4, 0.5) is 10.5 Å². The number of anilines is 1. The lowest BCUT2D eigenvalue weighted by Gasteiger charge is -2.32. The van der Waals surface area contributed by atoms with Gasteiger partial charge in [-0.1, -0.05) is 41.9 Å². The first-order valence-electron chi connectivity index (χ1n) is 7.59. The van der Waals surface area contributed by atoms with Gasteiger partial charge in [0, 0.05) is 23.8 Å². The zero-order valence-electron chi connectivity index (χ0n) is 12.3. The minimum absolute atomic E-state index is 0.0335. The minimum Gasteiger partial charge on any atom is -0.324 e. The van der Waals surface area contributed by atoms with Gasteiger partial charge in [0.1, 0.15) is 0 Å². The molecular weight excluding hydrogens is 296 g/mol. The smallest absolute Gasteiger partial charge is 0.321 e. The van der Waals surface area contributed by atoms with Crippen molar-refractivity contribution in [2.24, 2.45) is 0 Å². The summed E-state index contributed by atoms with van der Waals surface area (Å²) in [4.78, 5) is 14.2. The van der Waals surface area contributed by atoms with Crippen molar-refractivity contribution >= 4 is 23.3 Å². The highest BCUT2D eigenvalue weighted by Crippen LogP contribution is 2.28. The van der Waals surface area contributed by atoms with E-state index in [2.05, 4.69) is 29.6 Å². The molecule has 0 radical (unpaired) electrons. The number of nitrogens with one attached hydrogen (secondary N) is 1. The van der Waals surface area contributed by atoms with E-state index in [0.29, 0.717) is 10.9 Å². The molecule has 0 atom stereocenters. The highest BCUT2D eigenvalue weighted by molar-refractivity contribution is 6.30. The van der Waals surface area contributed by atoms with Gasteiger partial charge in [-0.15, -0.1) is 0 Å². The number of halogens is 1. The summed E-state index contributed by atoms with van der Waals surface area (Å²) in [6.07, 6.45) is 2.02. The Balaban J connectivity index is 1.54. The van der Waals surface area contributed by atoms with E-state index in [4.69, 9.17) is 11.6 Å². The number of amides is 2. The van der Waals surface area contributed by atoms with Crippen LogP contribution in [0.2, 0.25) is 5.02 Å². The number of benzene rings is 2. The van der Waals surface area contributed by atoms with Gasteiger partial charge in [-0.3, -0.25) is 0 Å². The molecule has 2 aromatic rings. The normalized spacial score (nSPS) is 15.6. The Morgan fingerprint density at radius 1 is 1.00 bits per heavy atom. The van der Waals surface area contributed by atoms with Crippen molar-refractivity contribution in [1.29, 1.82) is 0 Å². The first-order chi connectivity index (χ1) is 10.7. The molecule has 114 valence electrons. The van der Waals surface area contributed by atoms with Crippen LogP contribution in [0.1, 0.15) is 24.3 Å². The molecule has 0 aromatic heterocycles. The first-order valence-corrected chi connectivity index (χ1v) is 7.96. The maximum atomic E-state index is 12.3. The fourth-order valence-corrected chi connectivity index (χ4v) is 3.00. The number of likely N-dealkylation sites (tertiary alicyclic amines) is 1. The Labute approximate surface area is 135 Å². The van der Waals surface area contributed by atoms with Crippen LogP contribution < -0.4 is 5.32 Å². The van der Waals surface area contributed by atoms with Crippen molar-refractivity contribution in [3.05, 3.63) is 65.2 Å². The highest BCUT2D eigenvalue weighted by atomic mass is 35.5. The number of rotatable bonds is 2. The molecule has 2 aromatic carbocycles. The lowest BCUT2D eigenvalue weighted by atomic mass is 9.90. The van der Waals surface area contributed by atoms with Crippen molar-refractivity contribution in [3.63, 3.8) is 0 Å². The molecule has 3 nitrogen and oxygen atoms in total. The van der Waals surface area contributed by atoms with E-state index in [0.717, 1.165) is 31.6 Å². The third kappa shape index (κ3) is 3.60. The van der Waals surface area contributed by atoms with Crippen LogP contribution in [-0.2, 0) is 0 Å². The summed E-state index contributed by atoms with van der Waals surface area (Å²) in [5.41, 5.74) is 2.15. The Hall–Kier alpha value is -2.00. The number of urea groups is 1. The largest absolute Gasteiger partial charge is 0.324 e. The highest BCUT2D eigenvalue weighted by Gasteiger charge is 2.23. The summed E-state index contributed by atoms with van der Waals surface area (Å²) in [5.74, 6) is 0.556. The summed E-state index contributed by atoms with van der Waals surface area (Å²) in [6.45, 7) is 1.58. The van der Waals surface area contributed by atoms with Crippen molar-refractivity contribution in [2.75, 3.05) is 18.4 Å². The van der Waals surface area contributed by atoms with Crippen LogP contribution in [0.25, 0.3) is 0 Å². The maximum Gasteiger partial charge on any atom is 0.321 e. The third-order valence-electron chi connectivity index (χ3n) is 4.15. The van der Waals surface area contributed by atoms with E-state index in [9.17, 15) is 4.79 Å². The summed E-state index contributed by atoms with van der Waals surface area (Å²) >= 11 is 5.85. The Morgan fingerprint density at radius 2 is 1.64 bits per heavy atom. The number of nitrogens with zero attached hydrogens (tertiary/aromatic N) is 1.